The standard InChI is InChI=1S/C19H34N.C16H36N.C15H31P.BrH.2ClH/c1-4-7-15-20(16-8-5-2,17-9-6-3)18-19-13-11-10-12-14-19;1-5-9-13-17(14-10-6-2,15-11-7-3)16-12-8-4;1-4-7-10-14(11-8-5-2)13-15(16)12-9-6-3;;;/h10-14H,4-9,15-18H2,1-3H3;5-16H2,1-4H3;13,15H,4-12,16H2,1-3H3;3*1H/q2*+1;;;;/p-2. The number of hydrogen-bond acceptors (Lipinski definition) is 0. The van der Waals surface area contributed by atoms with E-state index in [0.717, 1.165) is 0 Å². The van der Waals surface area contributed by atoms with Crippen molar-refractivity contribution in [2.45, 2.75) is 229 Å². The van der Waals surface area contributed by atoms with Crippen molar-refractivity contribution in [2.75, 3.05) is 45.8 Å². The summed E-state index contributed by atoms with van der Waals surface area (Å²) in [5.41, 5.74) is 3.93. The lowest BCUT2D eigenvalue weighted by atomic mass is 10.0. The van der Waals surface area contributed by atoms with Crippen LogP contribution in [0.25, 0.3) is 0 Å². The minimum Gasteiger partial charge on any atom is -1.00 e. The lowest BCUT2D eigenvalue weighted by Gasteiger charge is -2.39. The average molecular weight is 913 g/mol. The van der Waals surface area contributed by atoms with E-state index in [1.807, 2.05) is 0 Å². The van der Waals surface area contributed by atoms with E-state index in [0.29, 0.717) is 5.66 Å². The molecule has 0 saturated carbocycles. The molecule has 0 fully saturated rings. The highest BCUT2D eigenvalue weighted by atomic mass is 79.9. The molecule has 0 N–H and O–H groups in total. The van der Waals surface area contributed by atoms with Crippen LogP contribution in [0.3, 0.4) is 0 Å². The Morgan fingerprint density at radius 3 is 1.09 bits per heavy atom. The third-order valence-electron chi connectivity index (χ3n) is 11.3. The molecule has 0 spiro atoms. The quantitative estimate of drug-likeness (QED) is 0.0375. The fraction of sp³-hybridized carbons (Fsp3) is 0.840. The highest BCUT2D eigenvalue weighted by molar-refractivity contribution is 7.17. The van der Waals surface area contributed by atoms with Crippen LogP contribution in [0.1, 0.15) is 222 Å². The third-order valence-corrected chi connectivity index (χ3v) is 11.8. The Hall–Kier alpha value is 0.370. The summed E-state index contributed by atoms with van der Waals surface area (Å²) in [4.78, 5) is 0. The van der Waals surface area contributed by atoms with Crippen LogP contribution >= 0.6 is 21.6 Å². The molecule has 0 amide bonds. The van der Waals surface area contributed by atoms with Gasteiger partial charge in [0.15, 0.2) is 0 Å². The fourth-order valence-corrected chi connectivity index (χ4v) is 8.10. The lowest BCUT2D eigenvalue weighted by molar-refractivity contribution is -0.941. The topological polar surface area (TPSA) is 0 Å². The van der Waals surface area contributed by atoms with Gasteiger partial charge < -0.3 is 38.4 Å². The molecule has 6 heteroatoms. The Labute approximate surface area is 380 Å². The molecule has 1 aromatic carbocycles. The van der Waals surface area contributed by atoms with Gasteiger partial charge in [-0.3, -0.25) is 0 Å². The molecule has 0 aromatic heterocycles. The van der Waals surface area contributed by atoms with Gasteiger partial charge in [0.2, 0.25) is 0 Å². The van der Waals surface area contributed by atoms with E-state index < -0.39 is 0 Å². The summed E-state index contributed by atoms with van der Waals surface area (Å²) >= 11 is 0. The first kappa shape index (κ1) is 65.5. The van der Waals surface area contributed by atoms with Gasteiger partial charge in [0.05, 0.1) is 45.8 Å². The van der Waals surface area contributed by atoms with Crippen molar-refractivity contribution in [3.05, 3.63) is 47.5 Å². The van der Waals surface area contributed by atoms with Crippen molar-refractivity contribution in [3.63, 3.8) is 0 Å². The Bertz CT molecular complexity index is 831. The van der Waals surface area contributed by atoms with Crippen molar-refractivity contribution in [3.8, 4) is 0 Å². The van der Waals surface area contributed by atoms with Crippen molar-refractivity contribution in [1.82, 2.24) is 0 Å². The summed E-state index contributed by atoms with van der Waals surface area (Å²) in [6.45, 7) is 34.1. The van der Waals surface area contributed by atoms with E-state index in [1.54, 1.807) is 5.57 Å². The van der Waals surface area contributed by atoms with Gasteiger partial charge in [-0.15, -0.1) is 21.6 Å². The van der Waals surface area contributed by atoms with Crippen molar-refractivity contribution < 1.29 is 38.4 Å². The molecule has 1 aromatic rings. The Morgan fingerprint density at radius 1 is 0.482 bits per heavy atom. The second-order valence-electron chi connectivity index (χ2n) is 16.7. The molecule has 0 saturated heterocycles. The van der Waals surface area contributed by atoms with E-state index in [1.165, 1.54) is 215 Å². The molecule has 0 aliphatic rings. The summed E-state index contributed by atoms with van der Waals surface area (Å²) in [5.74, 6) is 0. The number of quaternary nitrogens is 2. The monoisotopic (exact) mass is 911 g/mol. The molecule has 2 nitrogen and oxygen atoms in total. The molecule has 2 atom stereocenters. The van der Waals surface area contributed by atoms with Crippen LogP contribution in [0.15, 0.2) is 42.0 Å². The third kappa shape index (κ3) is 37.4. The van der Waals surface area contributed by atoms with Gasteiger partial charge in [-0.05, 0) is 82.7 Å². The first-order valence-corrected chi connectivity index (χ1v) is 24.6. The van der Waals surface area contributed by atoms with Crippen LogP contribution in [-0.4, -0.2) is 60.4 Å². The molecule has 0 aliphatic carbocycles. The highest BCUT2D eigenvalue weighted by Gasteiger charge is 2.26. The molecule has 56 heavy (non-hydrogen) atoms. The van der Waals surface area contributed by atoms with Crippen molar-refractivity contribution >= 4 is 21.6 Å². The number of rotatable bonds is 33. The molecule has 1 rings (SSSR count). The second kappa shape index (κ2) is 48.0. The van der Waals surface area contributed by atoms with Gasteiger partial charge in [-0.25, -0.2) is 0 Å². The van der Waals surface area contributed by atoms with Gasteiger partial charge in [-0.1, -0.05) is 182 Å². The van der Waals surface area contributed by atoms with E-state index in [9.17, 15) is 0 Å². The summed E-state index contributed by atoms with van der Waals surface area (Å²) < 4.78 is 2.73. The van der Waals surface area contributed by atoms with E-state index in [-0.39, 0.29) is 41.8 Å². The van der Waals surface area contributed by atoms with Gasteiger partial charge >= 0.3 is 0 Å². The van der Waals surface area contributed by atoms with Crippen molar-refractivity contribution in [1.29, 1.82) is 0 Å². The summed E-state index contributed by atoms with van der Waals surface area (Å²) in [7, 11) is 3.01. The zero-order valence-electron chi connectivity index (χ0n) is 39.6. The van der Waals surface area contributed by atoms with Crippen LogP contribution in [0, 0.1) is 0 Å². The van der Waals surface area contributed by atoms with Crippen LogP contribution in [0.4, 0.5) is 0 Å². The predicted molar refractivity (Wildman–Crippen MR) is 256 cm³/mol. The van der Waals surface area contributed by atoms with Gasteiger partial charge in [-0.2, -0.15) is 0 Å². The number of halogens is 3. The maximum absolute atomic E-state index is 3.01. The summed E-state index contributed by atoms with van der Waals surface area (Å²) in [5, 5.41) is 0. The number of unbranched alkanes of at least 4 members (excludes halogenated alkanes) is 10. The molecule has 0 radical (unpaired) electrons. The summed E-state index contributed by atoms with van der Waals surface area (Å²) in [6, 6.07) is 11.1. The van der Waals surface area contributed by atoms with Crippen LogP contribution in [0.5, 0.6) is 0 Å². The normalized spacial score (nSPS) is 11.4. The zero-order chi connectivity index (χ0) is 39.9. The first-order chi connectivity index (χ1) is 25.7. The Kier molecular flexibility index (Phi) is 56.2. The fourth-order valence-electron chi connectivity index (χ4n) is 7.59. The maximum Gasteiger partial charge on any atom is 0.104 e. The highest BCUT2D eigenvalue weighted by Crippen LogP contribution is 2.22. The SMILES string of the molecule is CCCCC(=CC(P)CCCC)CCCC.CCCC[N+](CCCC)(CCCC)CCCC.CCCC[N+](CCCC)(CCCC)Cc1ccccc1.Cl.[Br-].[Cl-]. The smallest absolute Gasteiger partial charge is 0.104 e. The largest absolute Gasteiger partial charge is 1.00 e. The first-order valence-electron chi connectivity index (χ1n) is 23.9. The summed E-state index contributed by atoms with van der Waals surface area (Å²) in [6.07, 6.45) is 33.6. The number of hydrogen-bond donors (Lipinski definition) is 0. The minimum atomic E-state index is 0. The van der Waals surface area contributed by atoms with Crippen LogP contribution in [0.2, 0.25) is 0 Å². The molecular weight excluding hydrogens is 810 g/mol. The maximum atomic E-state index is 3.01. The Morgan fingerprint density at radius 2 is 0.786 bits per heavy atom. The minimum absolute atomic E-state index is 0. The molecule has 338 valence electrons. The van der Waals surface area contributed by atoms with Crippen molar-refractivity contribution in [2.24, 2.45) is 0 Å². The number of allylic oxidation sites excluding steroid dienone is 2. The van der Waals surface area contributed by atoms with E-state index >= 15 is 0 Å². The number of nitrogens with zero attached hydrogens (tertiary/aromatic N) is 2. The van der Waals surface area contributed by atoms with Gasteiger partial charge in [0.1, 0.15) is 6.54 Å². The molecule has 0 aliphatic heterocycles. The molecule has 0 heterocycles. The Balaban J connectivity index is -0.000000228. The average Bonchev–Trinajstić information content (AvgIpc) is 3.18. The number of benzene rings is 1. The second-order valence-corrected chi connectivity index (χ2v) is 17.6. The molecule has 0 bridgehead atoms. The zero-order valence-corrected chi connectivity index (χ0v) is 43.9. The lowest BCUT2D eigenvalue weighted by Crippen LogP contribution is -3.00. The predicted octanol–water partition coefficient (Wildman–Crippen LogP) is 10.6. The molecular formula is C50H102BrCl2N2P. The van der Waals surface area contributed by atoms with Crippen LogP contribution in [-0.2, 0) is 6.54 Å². The molecule has 2 unspecified atom stereocenters. The van der Waals surface area contributed by atoms with Gasteiger partial charge in [0, 0.05) is 5.56 Å². The van der Waals surface area contributed by atoms with E-state index in [2.05, 4.69) is 115 Å². The van der Waals surface area contributed by atoms with Gasteiger partial charge in [0.25, 0.3) is 0 Å². The van der Waals surface area contributed by atoms with E-state index in [4.69, 9.17) is 0 Å². The van der Waals surface area contributed by atoms with Crippen LogP contribution < -0.4 is 29.4 Å².